The average Bonchev–Trinajstić information content (AvgIpc) is 2.59. The number of benzene rings is 2. The van der Waals surface area contributed by atoms with Crippen molar-refractivity contribution in [1.29, 1.82) is 0 Å². The number of hydrogen-bond donors (Lipinski definition) is 1. The van der Waals surface area contributed by atoms with E-state index in [9.17, 15) is 4.79 Å². The van der Waals surface area contributed by atoms with Crippen molar-refractivity contribution in [2.45, 2.75) is 6.92 Å². The van der Waals surface area contributed by atoms with Crippen molar-refractivity contribution in [1.82, 2.24) is 0 Å². The van der Waals surface area contributed by atoms with Gasteiger partial charge in [-0.05, 0) is 48.9 Å². The van der Waals surface area contributed by atoms with Gasteiger partial charge in [-0.1, -0.05) is 24.8 Å². The first kappa shape index (κ1) is 17.3. The summed E-state index contributed by atoms with van der Waals surface area (Å²) in [5, 5.41) is 2.80. The third kappa shape index (κ3) is 5.32. The van der Waals surface area contributed by atoms with Crippen LogP contribution in [0.1, 0.15) is 12.5 Å². The van der Waals surface area contributed by atoms with Crippen LogP contribution in [0, 0.1) is 0 Å². The zero-order chi connectivity index (χ0) is 17.4. The van der Waals surface area contributed by atoms with Crippen LogP contribution in [-0.4, -0.2) is 19.6 Å². The van der Waals surface area contributed by atoms with Crippen LogP contribution >= 0.6 is 0 Å². The van der Waals surface area contributed by atoms with Gasteiger partial charge in [0.25, 0.3) is 0 Å². The number of para-hydroxylation sites is 1. The quantitative estimate of drug-likeness (QED) is 0.610. The maximum Gasteiger partial charge on any atom is 0.248 e. The summed E-state index contributed by atoms with van der Waals surface area (Å²) in [7, 11) is 1.60. The molecule has 2 aromatic rings. The highest BCUT2D eigenvalue weighted by atomic mass is 16.5. The van der Waals surface area contributed by atoms with E-state index >= 15 is 0 Å². The van der Waals surface area contributed by atoms with Crippen LogP contribution in [-0.2, 0) is 4.79 Å². The lowest BCUT2D eigenvalue weighted by Crippen LogP contribution is -2.07. The molecule has 124 valence electrons. The first-order chi connectivity index (χ1) is 11.6. The molecule has 4 nitrogen and oxygen atoms in total. The van der Waals surface area contributed by atoms with Gasteiger partial charge in [0.1, 0.15) is 18.1 Å². The van der Waals surface area contributed by atoms with Crippen molar-refractivity contribution in [3.8, 4) is 11.5 Å². The Hall–Kier alpha value is -3.01. The fourth-order valence-corrected chi connectivity index (χ4v) is 1.99. The van der Waals surface area contributed by atoms with Gasteiger partial charge in [-0.3, -0.25) is 4.79 Å². The topological polar surface area (TPSA) is 47.6 Å². The summed E-state index contributed by atoms with van der Waals surface area (Å²) in [5.74, 6) is 1.25. The lowest BCUT2D eigenvalue weighted by atomic mass is 10.2. The van der Waals surface area contributed by atoms with Gasteiger partial charge in [0.2, 0.25) is 5.91 Å². The minimum absolute atomic E-state index is 0.212. The molecule has 2 rings (SSSR count). The molecule has 0 bridgehead atoms. The molecule has 24 heavy (non-hydrogen) atoms. The molecule has 1 N–H and O–H groups in total. The van der Waals surface area contributed by atoms with Crippen LogP contribution in [0.25, 0.3) is 6.08 Å². The SMILES string of the molecule is C=C(C)COc1ccc(NC(=O)/C=C/c2ccccc2OC)cc1. The Labute approximate surface area is 142 Å². The van der Waals surface area contributed by atoms with Gasteiger partial charge >= 0.3 is 0 Å². The van der Waals surface area contributed by atoms with Gasteiger partial charge in [-0.2, -0.15) is 0 Å². The molecule has 2 aromatic carbocycles. The van der Waals surface area contributed by atoms with Crippen LogP contribution in [0.3, 0.4) is 0 Å². The molecule has 1 amide bonds. The summed E-state index contributed by atoms with van der Waals surface area (Å²) in [6, 6.07) is 14.7. The van der Waals surface area contributed by atoms with Gasteiger partial charge in [0.05, 0.1) is 7.11 Å². The molecule has 0 aliphatic carbocycles. The Kier molecular flexibility index (Phi) is 6.20. The first-order valence-electron chi connectivity index (χ1n) is 7.58. The van der Waals surface area contributed by atoms with Crippen LogP contribution in [0.5, 0.6) is 11.5 Å². The Morgan fingerprint density at radius 2 is 1.88 bits per heavy atom. The number of carbonyl (C=O) groups excluding carboxylic acids is 1. The maximum atomic E-state index is 12.0. The second-order valence-electron chi connectivity index (χ2n) is 5.33. The zero-order valence-corrected chi connectivity index (χ0v) is 13.9. The molecule has 0 spiro atoms. The minimum atomic E-state index is -0.212. The predicted octanol–water partition coefficient (Wildman–Crippen LogP) is 4.30. The lowest BCUT2D eigenvalue weighted by molar-refractivity contribution is -0.111. The normalized spacial score (nSPS) is 10.4. The van der Waals surface area contributed by atoms with Crippen molar-refractivity contribution in [3.05, 3.63) is 72.3 Å². The van der Waals surface area contributed by atoms with E-state index < -0.39 is 0 Å². The number of hydrogen-bond acceptors (Lipinski definition) is 3. The van der Waals surface area contributed by atoms with Crippen molar-refractivity contribution in [3.63, 3.8) is 0 Å². The molecule has 0 aliphatic heterocycles. The van der Waals surface area contributed by atoms with Crippen LogP contribution in [0.4, 0.5) is 5.69 Å². The van der Waals surface area contributed by atoms with Crippen molar-refractivity contribution >= 4 is 17.7 Å². The van der Waals surface area contributed by atoms with E-state index in [2.05, 4.69) is 11.9 Å². The van der Waals surface area contributed by atoms with Gasteiger partial charge in [0.15, 0.2) is 0 Å². The predicted molar refractivity (Wildman–Crippen MR) is 97.4 cm³/mol. The summed E-state index contributed by atoms with van der Waals surface area (Å²) in [5.41, 5.74) is 2.50. The molecule has 0 aromatic heterocycles. The highest BCUT2D eigenvalue weighted by Crippen LogP contribution is 2.19. The van der Waals surface area contributed by atoms with Gasteiger partial charge in [-0.25, -0.2) is 0 Å². The minimum Gasteiger partial charge on any atom is -0.496 e. The van der Waals surface area contributed by atoms with E-state index in [0.29, 0.717) is 12.3 Å². The van der Waals surface area contributed by atoms with Crippen LogP contribution < -0.4 is 14.8 Å². The number of amides is 1. The van der Waals surface area contributed by atoms with Crippen LogP contribution in [0.15, 0.2) is 66.8 Å². The Morgan fingerprint density at radius 3 is 2.54 bits per heavy atom. The molecule has 0 aliphatic rings. The van der Waals surface area contributed by atoms with Gasteiger partial charge in [-0.15, -0.1) is 0 Å². The van der Waals surface area contributed by atoms with Crippen molar-refractivity contribution in [2.75, 3.05) is 19.0 Å². The summed E-state index contributed by atoms with van der Waals surface area (Å²) in [4.78, 5) is 12.0. The number of nitrogens with one attached hydrogen (secondary N) is 1. The van der Waals surface area contributed by atoms with E-state index in [4.69, 9.17) is 9.47 Å². The third-order valence-corrected chi connectivity index (χ3v) is 3.16. The molecule has 0 unspecified atom stereocenters. The Morgan fingerprint density at radius 1 is 1.17 bits per heavy atom. The number of rotatable bonds is 7. The monoisotopic (exact) mass is 323 g/mol. The smallest absolute Gasteiger partial charge is 0.248 e. The summed E-state index contributed by atoms with van der Waals surface area (Å²) < 4.78 is 10.8. The summed E-state index contributed by atoms with van der Waals surface area (Å²) in [6.45, 7) is 6.17. The highest BCUT2D eigenvalue weighted by Gasteiger charge is 2.01. The van der Waals surface area contributed by atoms with E-state index in [-0.39, 0.29) is 5.91 Å². The number of anilines is 1. The number of methoxy groups -OCH3 is 1. The molecule has 0 heterocycles. The molecule has 0 atom stereocenters. The van der Waals surface area contributed by atoms with E-state index in [1.807, 2.05) is 43.3 Å². The summed E-state index contributed by atoms with van der Waals surface area (Å²) >= 11 is 0. The number of ether oxygens (including phenoxy) is 2. The van der Waals surface area contributed by atoms with Gasteiger partial charge in [0, 0.05) is 17.3 Å². The fraction of sp³-hybridized carbons (Fsp3) is 0.150. The molecule has 0 radical (unpaired) electrons. The van der Waals surface area contributed by atoms with E-state index in [1.54, 1.807) is 25.3 Å². The molecule has 0 fully saturated rings. The lowest BCUT2D eigenvalue weighted by Gasteiger charge is -2.07. The maximum absolute atomic E-state index is 12.0. The Bertz CT molecular complexity index is 733. The average molecular weight is 323 g/mol. The van der Waals surface area contributed by atoms with E-state index in [0.717, 1.165) is 22.6 Å². The molecular weight excluding hydrogens is 302 g/mol. The second-order valence-corrected chi connectivity index (χ2v) is 5.33. The first-order valence-corrected chi connectivity index (χ1v) is 7.58. The molecule has 0 saturated heterocycles. The largest absolute Gasteiger partial charge is 0.496 e. The molecular formula is C20H21NO3. The van der Waals surface area contributed by atoms with Gasteiger partial charge < -0.3 is 14.8 Å². The molecule has 4 heteroatoms. The standard InChI is InChI=1S/C20H21NO3/c1-15(2)14-24-18-11-9-17(10-12-18)21-20(22)13-8-16-6-4-5-7-19(16)23-3/h4-13H,1,14H2,2-3H3,(H,21,22)/b13-8+. The van der Waals surface area contributed by atoms with Crippen LogP contribution in [0.2, 0.25) is 0 Å². The zero-order valence-electron chi connectivity index (χ0n) is 13.9. The third-order valence-electron chi connectivity index (χ3n) is 3.16. The van der Waals surface area contributed by atoms with Crippen molar-refractivity contribution < 1.29 is 14.3 Å². The molecule has 0 saturated carbocycles. The fourth-order valence-electron chi connectivity index (χ4n) is 1.99. The second kappa shape index (κ2) is 8.58. The van der Waals surface area contributed by atoms with Crippen molar-refractivity contribution in [2.24, 2.45) is 0 Å². The summed E-state index contributed by atoms with van der Waals surface area (Å²) in [6.07, 6.45) is 3.20. The highest BCUT2D eigenvalue weighted by molar-refractivity contribution is 6.02. The van der Waals surface area contributed by atoms with E-state index in [1.165, 1.54) is 6.08 Å². The Balaban J connectivity index is 1.94. The number of carbonyl (C=O) groups is 1.